The van der Waals surface area contributed by atoms with Gasteiger partial charge in [0.05, 0.1) is 12.5 Å². The zero-order valence-electron chi connectivity index (χ0n) is 14.1. The van der Waals surface area contributed by atoms with Crippen molar-refractivity contribution in [1.82, 2.24) is 0 Å². The van der Waals surface area contributed by atoms with Gasteiger partial charge in [0.15, 0.2) is 0 Å². The smallest absolute Gasteiger partial charge is 0.220 e. The van der Waals surface area contributed by atoms with Crippen molar-refractivity contribution in [3.63, 3.8) is 0 Å². The van der Waals surface area contributed by atoms with Crippen LogP contribution < -0.4 is 5.73 Å². The van der Waals surface area contributed by atoms with Crippen LogP contribution in [-0.4, -0.2) is 17.1 Å². The Morgan fingerprint density at radius 1 is 0.810 bits per heavy atom. The monoisotopic (exact) mass is 299 g/mol. The largest absolute Gasteiger partial charge is 0.393 e. The Kier molecular flexibility index (Phi) is 15.4. The zero-order chi connectivity index (χ0) is 15.8. The normalized spacial score (nSPS) is 12.5. The van der Waals surface area contributed by atoms with Crippen LogP contribution in [0, 0.1) is 0 Å². The average molecular weight is 299 g/mol. The van der Waals surface area contributed by atoms with Crippen LogP contribution in [0.1, 0.15) is 103 Å². The van der Waals surface area contributed by atoms with Gasteiger partial charge in [-0.3, -0.25) is 4.79 Å². The van der Waals surface area contributed by atoms with Crippen molar-refractivity contribution >= 4 is 5.91 Å². The standard InChI is InChI=1S/C18H37NO2/c1-2-3-4-5-6-7-8-9-10-11-12-13-14-15-17(20)16-18(19)21/h17,20H,2-16H2,1H3,(H2,19,21). The second-order valence-electron chi connectivity index (χ2n) is 6.36. The average Bonchev–Trinajstić information content (AvgIpc) is 2.43. The van der Waals surface area contributed by atoms with Gasteiger partial charge in [-0.2, -0.15) is 0 Å². The third-order valence-electron chi connectivity index (χ3n) is 4.08. The van der Waals surface area contributed by atoms with Gasteiger partial charge in [0.1, 0.15) is 0 Å². The predicted octanol–water partition coefficient (Wildman–Crippen LogP) is 4.70. The minimum atomic E-state index is -0.532. The summed E-state index contributed by atoms with van der Waals surface area (Å²) in [5.74, 6) is -0.405. The molecule has 3 N–H and O–H groups in total. The Hall–Kier alpha value is -0.570. The molecule has 0 bridgehead atoms. The number of carbonyl (C=O) groups is 1. The van der Waals surface area contributed by atoms with Gasteiger partial charge in [0.25, 0.3) is 0 Å². The van der Waals surface area contributed by atoms with Crippen molar-refractivity contribution in [2.45, 2.75) is 109 Å². The van der Waals surface area contributed by atoms with Gasteiger partial charge in [0, 0.05) is 0 Å². The fourth-order valence-electron chi connectivity index (χ4n) is 2.73. The molecule has 0 aliphatic heterocycles. The topological polar surface area (TPSA) is 63.3 Å². The molecule has 0 aliphatic rings. The van der Waals surface area contributed by atoms with Crippen LogP contribution >= 0.6 is 0 Å². The first kappa shape index (κ1) is 20.4. The maximum atomic E-state index is 10.6. The summed E-state index contributed by atoms with van der Waals surface area (Å²) in [6.07, 6.45) is 17.5. The van der Waals surface area contributed by atoms with Gasteiger partial charge in [-0.05, 0) is 6.42 Å². The molecule has 0 aromatic heterocycles. The lowest BCUT2D eigenvalue weighted by molar-refractivity contribution is -0.119. The zero-order valence-corrected chi connectivity index (χ0v) is 14.1. The third-order valence-corrected chi connectivity index (χ3v) is 4.08. The van der Waals surface area contributed by atoms with Crippen LogP contribution in [0.15, 0.2) is 0 Å². The number of nitrogens with two attached hydrogens (primary N) is 1. The quantitative estimate of drug-likeness (QED) is 0.406. The molecule has 1 amide bonds. The summed E-state index contributed by atoms with van der Waals surface area (Å²) in [5, 5.41) is 9.50. The van der Waals surface area contributed by atoms with Crippen molar-refractivity contribution < 1.29 is 9.90 Å². The Labute approximate surface area is 131 Å². The minimum Gasteiger partial charge on any atom is -0.393 e. The van der Waals surface area contributed by atoms with Crippen molar-refractivity contribution in [1.29, 1.82) is 0 Å². The Balaban J connectivity index is 3.07. The maximum absolute atomic E-state index is 10.6. The lowest BCUT2D eigenvalue weighted by Gasteiger charge is -2.07. The number of carbonyl (C=O) groups excluding carboxylic acids is 1. The van der Waals surface area contributed by atoms with Gasteiger partial charge < -0.3 is 10.8 Å². The van der Waals surface area contributed by atoms with Crippen molar-refractivity contribution in [3.8, 4) is 0 Å². The third kappa shape index (κ3) is 17.4. The van der Waals surface area contributed by atoms with Crippen LogP contribution in [-0.2, 0) is 4.79 Å². The molecule has 0 saturated heterocycles. The van der Waals surface area contributed by atoms with E-state index in [0.29, 0.717) is 6.42 Å². The molecule has 0 spiro atoms. The lowest BCUT2D eigenvalue weighted by atomic mass is 10.0. The second-order valence-corrected chi connectivity index (χ2v) is 6.36. The molecule has 3 nitrogen and oxygen atoms in total. The minimum absolute atomic E-state index is 0.109. The van der Waals surface area contributed by atoms with Crippen LogP contribution in [0.5, 0.6) is 0 Å². The summed E-state index contributed by atoms with van der Waals surface area (Å²) in [6, 6.07) is 0. The fraction of sp³-hybridized carbons (Fsp3) is 0.944. The number of hydrogen-bond donors (Lipinski definition) is 2. The number of rotatable bonds is 16. The number of aliphatic hydroxyl groups is 1. The van der Waals surface area contributed by atoms with E-state index in [4.69, 9.17) is 5.73 Å². The van der Waals surface area contributed by atoms with Gasteiger partial charge in [-0.1, -0.05) is 90.4 Å². The molecule has 0 aromatic rings. The van der Waals surface area contributed by atoms with Gasteiger partial charge in [0.2, 0.25) is 5.91 Å². The lowest BCUT2D eigenvalue weighted by Crippen LogP contribution is -2.19. The molecule has 3 heteroatoms. The van der Waals surface area contributed by atoms with Crippen LogP contribution in [0.25, 0.3) is 0 Å². The van der Waals surface area contributed by atoms with Crippen LogP contribution in [0.2, 0.25) is 0 Å². The highest BCUT2D eigenvalue weighted by atomic mass is 16.3. The molecule has 0 radical (unpaired) electrons. The van der Waals surface area contributed by atoms with E-state index < -0.39 is 12.0 Å². The molecule has 1 atom stereocenters. The first-order valence-corrected chi connectivity index (χ1v) is 9.13. The molecule has 0 saturated carbocycles. The molecule has 126 valence electrons. The molecule has 0 aliphatic carbocycles. The highest BCUT2D eigenvalue weighted by molar-refractivity contribution is 5.74. The maximum Gasteiger partial charge on any atom is 0.220 e. The molecule has 0 aromatic carbocycles. The summed E-state index contributed by atoms with van der Waals surface area (Å²) in [5.41, 5.74) is 5.04. The van der Waals surface area contributed by atoms with E-state index in [1.54, 1.807) is 0 Å². The molecule has 1 unspecified atom stereocenters. The Bertz CT molecular complexity index is 231. The molecule has 0 fully saturated rings. The number of amides is 1. The van der Waals surface area contributed by atoms with E-state index in [9.17, 15) is 9.90 Å². The van der Waals surface area contributed by atoms with Crippen LogP contribution in [0.4, 0.5) is 0 Å². The van der Waals surface area contributed by atoms with Gasteiger partial charge in [-0.15, -0.1) is 0 Å². The van der Waals surface area contributed by atoms with Crippen LogP contribution in [0.3, 0.4) is 0 Å². The molecule has 0 rings (SSSR count). The fourth-order valence-corrected chi connectivity index (χ4v) is 2.73. The van der Waals surface area contributed by atoms with E-state index in [0.717, 1.165) is 12.8 Å². The summed E-state index contributed by atoms with van der Waals surface area (Å²) in [6.45, 7) is 2.26. The SMILES string of the molecule is CCCCCCCCCCCCCCCC(O)CC(N)=O. The van der Waals surface area contributed by atoms with Crippen molar-refractivity contribution in [3.05, 3.63) is 0 Å². The highest BCUT2D eigenvalue weighted by Crippen LogP contribution is 2.13. The summed E-state index contributed by atoms with van der Waals surface area (Å²) >= 11 is 0. The molecular formula is C18H37NO2. The Morgan fingerprint density at radius 2 is 1.19 bits per heavy atom. The molecule has 21 heavy (non-hydrogen) atoms. The number of primary amides is 1. The van der Waals surface area contributed by atoms with Gasteiger partial charge in [-0.25, -0.2) is 0 Å². The van der Waals surface area contributed by atoms with Crippen molar-refractivity contribution in [2.24, 2.45) is 5.73 Å². The number of unbranched alkanes of at least 4 members (excludes halogenated alkanes) is 12. The number of hydrogen-bond acceptors (Lipinski definition) is 2. The molecule has 0 heterocycles. The van der Waals surface area contributed by atoms with E-state index in [1.165, 1.54) is 70.6 Å². The van der Waals surface area contributed by atoms with E-state index in [-0.39, 0.29) is 6.42 Å². The second kappa shape index (κ2) is 15.8. The summed E-state index contributed by atoms with van der Waals surface area (Å²) < 4.78 is 0. The Morgan fingerprint density at radius 3 is 1.57 bits per heavy atom. The predicted molar refractivity (Wildman–Crippen MR) is 90.1 cm³/mol. The molecular weight excluding hydrogens is 262 g/mol. The number of aliphatic hydroxyl groups excluding tert-OH is 1. The summed E-state index contributed by atoms with van der Waals surface area (Å²) in [7, 11) is 0. The first-order valence-electron chi connectivity index (χ1n) is 9.13. The highest BCUT2D eigenvalue weighted by Gasteiger charge is 2.06. The van der Waals surface area contributed by atoms with E-state index in [2.05, 4.69) is 6.92 Å². The van der Waals surface area contributed by atoms with E-state index >= 15 is 0 Å². The van der Waals surface area contributed by atoms with E-state index in [1.807, 2.05) is 0 Å². The van der Waals surface area contributed by atoms with Gasteiger partial charge >= 0.3 is 0 Å². The van der Waals surface area contributed by atoms with Crippen molar-refractivity contribution in [2.75, 3.05) is 0 Å². The first-order chi connectivity index (χ1) is 10.2. The summed E-state index contributed by atoms with van der Waals surface area (Å²) in [4.78, 5) is 10.6.